The maximum Gasteiger partial charge on any atom is 0.472 e. The molecule has 552 valence electrons. The number of phosphoric acid groups is 2. The number of carbonyl (C=O) groups is 4. The molecule has 0 aliphatic heterocycles. The lowest BCUT2D eigenvalue weighted by molar-refractivity contribution is -0.161. The van der Waals surface area contributed by atoms with Gasteiger partial charge in [0.2, 0.25) is 0 Å². The van der Waals surface area contributed by atoms with E-state index in [9.17, 15) is 43.2 Å². The fraction of sp³-hybridized carbons (Fsp3) is 0.946. The van der Waals surface area contributed by atoms with E-state index in [-0.39, 0.29) is 25.7 Å². The summed E-state index contributed by atoms with van der Waals surface area (Å²) >= 11 is 0. The predicted octanol–water partition coefficient (Wildman–Crippen LogP) is 21.4. The summed E-state index contributed by atoms with van der Waals surface area (Å²) in [5.74, 6) is 0.195. The summed E-state index contributed by atoms with van der Waals surface area (Å²) in [6.07, 6.45) is 50.1. The fourth-order valence-electron chi connectivity index (χ4n) is 11.2. The molecule has 0 aliphatic rings. The van der Waals surface area contributed by atoms with Crippen LogP contribution in [0.3, 0.4) is 0 Å². The molecular weight excluding hydrogens is 1220 g/mol. The van der Waals surface area contributed by atoms with Crippen molar-refractivity contribution in [2.24, 2.45) is 17.8 Å². The van der Waals surface area contributed by atoms with E-state index in [0.717, 1.165) is 114 Å². The maximum atomic E-state index is 13.1. The van der Waals surface area contributed by atoms with Gasteiger partial charge in [0.1, 0.15) is 19.3 Å². The lowest BCUT2D eigenvalue weighted by Gasteiger charge is -2.21. The molecule has 0 heterocycles. The molecule has 93 heavy (non-hydrogen) atoms. The second-order valence-corrected chi connectivity index (χ2v) is 30.8. The molecule has 0 rings (SSSR count). The van der Waals surface area contributed by atoms with Gasteiger partial charge < -0.3 is 33.8 Å². The smallest absolute Gasteiger partial charge is 0.462 e. The number of aliphatic hydroxyl groups excluding tert-OH is 1. The van der Waals surface area contributed by atoms with Gasteiger partial charge in [-0.05, 0) is 43.4 Å². The highest BCUT2D eigenvalue weighted by Gasteiger charge is 2.30. The Morgan fingerprint density at radius 2 is 0.548 bits per heavy atom. The number of hydrogen-bond acceptors (Lipinski definition) is 15. The first kappa shape index (κ1) is 91.1. The Bertz CT molecular complexity index is 1820. The quantitative estimate of drug-likeness (QED) is 0.0222. The summed E-state index contributed by atoms with van der Waals surface area (Å²) in [4.78, 5) is 72.6. The van der Waals surface area contributed by atoms with Crippen LogP contribution in [0.5, 0.6) is 0 Å². The second-order valence-electron chi connectivity index (χ2n) is 27.9. The Balaban J connectivity index is 5.20. The number of unbranched alkanes of at least 4 members (excludes halogenated alkanes) is 39. The zero-order valence-electron chi connectivity index (χ0n) is 60.7. The maximum absolute atomic E-state index is 13.1. The van der Waals surface area contributed by atoms with Gasteiger partial charge in [-0.1, -0.05) is 325 Å². The molecule has 0 amide bonds. The van der Waals surface area contributed by atoms with Crippen molar-refractivity contribution < 1.29 is 80.2 Å². The largest absolute Gasteiger partial charge is 0.472 e. The van der Waals surface area contributed by atoms with Crippen LogP contribution in [0.2, 0.25) is 0 Å². The number of phosphoric ester groups is 2. The van der Waals surface area contributed by atoms with Crippen molar-refractivity contribution in [1.82, 2.24) is 0 Å². The molecule has 17 nitrogen and oxygen atoms in total. The number of ether oxygens (including phenoxy) is 4. The molecule has 0 aromatic carbocycles. The van der Waals surface area contributed by atoms with Crippen molar-refractivity contribution in [3.63, 3.8) is 0 Å². The van der Waals surface area contributed by atoms with Gasteiger partial charge in [0.15, 0.2) is 12.2 Å². The van der Waals surface area contributed by atoms with Gasteiger partial charge in [-0.25, -0.2) is 9.13 Å². The minimum Gasteiger partial charge on any atom is -0.462 e. The Morgan fingerprint density at radius 1 is 0.312 bits per heavy atom. The summed E-state index contributed by atoms with van der Waals surface area (Å²) in [7, 11) is -9.90. The standard InChI is InChI=1S/C74H144O17P2/c1-8-10-11-12-13-33-41-48-55-71(76)84-62-70(91-74(79)58-51-44-37-36-40-47-54-67(7)9-2)64-89-93(82,83)87-60-68(75)59-86-92(80,81)88-63-69(61-85-72(77)56-49-42-34-29-25-22-18-20-24-28-32-39-46-53-66(5)6)90-73(78)57-50-43-35-30-26-21-17-15-14-16-19-23-27-31-38-45-52-65(3)4/h65-70,75H,8-64H2,1-7H3,(H,80,81)(H,82,83)/t67?,68-,69-,70-/m1/s1. The minimum atomic E-state index is -4.96. The van der Waals surface area contributed by atoms with E-state index < -0.39 is 97.5 Å². The zero-order valence-corrected chi connectivity index (χ0v) is 62.5. The van der Waals surface area contributed by atoms with Crippen molar-refractivity contribution in [3.8, 4) is 0 Å². The fourth-order valence-corrected chi connectivity index (χ4v) is 12.8. The third kappa shape index (κ3) is 67.0. The van der Waals surface area contributed by atoms with E-state index in [1.54, 1.807) is 0 Å². The van der Waals surface area contributed by atoms with Crippen molar-refractivity contribution >= 4 is 39.5 Å². The number of carbonyl (C=O) groups excluding carboxylic acids is 4. The van der Waals surface area contributed by atoms with Gasteiger partial charge in [-0.2, -0.15) is 0 Å². The van der Waals surface area contributed by atoms with Gasteiger partial charge in [-0.3, -0.25) is 37.3 Å². The first-order chi connectivity index (χ1) is 44.8. The van der Waals surface area contributed by atoms with Crippen molar-refractivity contribution in [2.75, 3.05) is 39.6 Å². The molecule has 0 saturated heterocycles. The highest BCUT2D eigenvalue weighted by atomic mass is 31.2. The van der Waals surface area contributed by atoms with E-state index >= 15 is 0 Å². The molecule has 0 fully saturated rings. The topological polar surface area (TPSA) is 237 Å². The van der Waals surface area contributed by atoms with Crippen LogP contribution < -0.4 is 0 Å². The molecule has 0 aliphatic carbocycles. The molecule has 3 unspecified atom stereocenters. The molecule has 0 spiro atoms. The highest BCUT2D eigenvalue weighted by molar-refractivity contribution is 7.47. The third-order valence-corrected chi connectivity index (χ3v) is 19.4. The number of aliphatic hydroxyl groups is 1. The van der Waals surface area contributed by atoms with Crippen LogP contribution in [0.25, 0.3) is 0 Å². The van der Waals surface area contributed by atoms with Crippen LogP contribution in [0.4, 0.5) is 0 Å². The molecule has 0 bridgehead atoms. The monoisotopic (exact) mass is 1370 g/mol. The number of hydrogen-bond donors (Lipinski definition) is 3. The van der Waals surface area contributed by atoms with Crippen LogP contribution in [0.15, 0.2) is 0 Å². The van der Waals surface area contributed by atoms with Crippen LogP contribution in [-0.4, -0.2) is 96.7 Å². The molecule has 3 N–H and O–H groups in total. The highest BCUT2D eigenvalue weighted by Crippen LogP contribution is 2.45. The van der Waals surface area contributed by atoms with Gasteiger partial charge in [0.05, 0.1) is 26.4 Å². The number of esters is 4. The Hall–Kier alpha value is -1.94. The first-order valence-corrected chi connectivity index (χ1v) is 41.4. The van der Waals surface area contributed by atoms with Gasteiger partial charge in [0, 0.05) is 25.7 Å². The van der Waals surface area contributed by atoms with Crippen molar-refractivity contribution in [1.29, 1.82) is 0 Å². The average Bonchev–Trinajstić information content (AvgIpc) is 2.70. The van der Waals surface area contributed by atoms with Crippen LogP contribution >= 0.6 is 15.6 Å². The van der Waals surface area contributed by atoms with Crippen LogP contribution in [0.1, 0.15) is 376 Å². The molecule has 19 heteroatoms. The second kappa shape index (κ2) is 64.7. The molecule has 0 radical (unpaired) electrons. The number of rotatable bonds is 72. The Morgan fingerprint density at radius 3 is 0.817 bits per heavy atom. The molecule has 0 aromatic heterocycles. The first-order valence-electron chi connectivity index (χ1n) is 38.4. The lowest BCUT2D eigenvalue weighted by atomic mass is 10.00. The molecule has 0 aromatic rings. The Kier molecular flexibility index (Phi) is 63.4. The molecular formula is C74H144O17P2. The van der Waals surface area contributed by atoms with Gasteiger partial charge in [0.25, 0.3) is 0 Å². The van der Waals surface area contributed by atoms with E-state index in [1.165, 1.54) is 180 Å². The summed E-state index contributed by atoms with van der Waals surface area (Å²) in [5, 5.41) is 10.6. The summed E-state index contributed by atoms with van der Waals surface area (Å²) < 4.78 is 68.3. The van der Waals surface area contributed by atoms with E-state index in [0.29, 0.717) is 25.7 Å². The Labute approximate surface area is 568 Å². The van der Waals surface area contributed by atoms with Crippen LogP contribution in [-0.2, 0) is 65.4 Å². The van der Waals surface area contributed by atoms with Crippen molar-refractivity contribution in [2.45, 2.75) is 394 Å². The normalized spacial score (nSPS) is 14.4. The summed E-state index contributed by atoms with van der Waals surface area (Å²) in [5.41, 5.74) is 0. The van der Waals surface area contributed by atoms with E-state index in [4.69, 9.17) is 37.0 Å². The molecule has 6 atom stereocenters. The third-order valence-electron chi connectivity index (χ3n) is 17.5. The van der Waals surface area contributed by atoms with Crippen molar-refractivity contribution in [3.05, 3.63) is 0 Å². The molecule has 0 saturated carbocycles. The zero-order chi connectivity index (χ0) is 68.7. The van der Waals surface area contributed by atoms with Crippen LogP contribution in [0, 0.1) is 17.8 Å². The summed E-state index contributed by atoms with van der Waals surface area (Å²) in [6, 6.07) is 0. The summed E-state index contributed by atoms with van der Waals surface area (Å²) in [6.45, 7) is 11.9. The SMILES string of the molecule is CCCCCCCCCCC(=O)OC[C@H](COP(=O)(O)OC[C@H](O)COP(=O)(O)OC[C@@H](COC(=O)CCCCCCCCCCCCCCCC(C)C)OC(=O)CCCCCCCCCCCCCCCCCCC(C)C)OC(=O)CCCCCCCCC(C)CC. The van der Waals surface area contributed by atoms with E-state index in [1.807, 2.05) is 0 Å². The van der Waals surface area contributed by atoms with Gasteiger partial charge in [-0.15, -0.1) is 0 Å². The predicted molar refractivity (Wildman–Crippen MR) is 377 cm³/mol. The van der Waals surface area contributed by atoms with E-state index in [2.05, 4.69) is 48.5 Å². The van der Waals surface area contributed by atoms with Gasteiger partial charge >= 0.3 is 39.5 Å². The average molecular weight is 1370 g/mol. The lowest BCUT2D eigenvalue weighted by Crippen LogP contribution is -2.30. The minimum absolute atomic E-state index is 0.103.